The Hall–Kier alpha value is -1.53. The summed E-state index contributed by atoms with van der Waals surface area (Å²) in [6, 6.07) is 5.25. The van der Waals surface area contributed by atoms with Crippen LogP contribution in [-0.2, 0) is 11.0 Å². The molecular weight excluding hydrogens is 322 g/mol. The Morgan fingerprint density at radius 3 is 2.68 bits per heavy atom. The minimum Gasteiger partial charge on any atom is -0.476 e. The van der Waals surface area contributed by atoms with E-state index in [2.05, 4.69) is 14.4 Å². The summed E-state index contributed by atoms with van der Waals surface area (Å²) in [5, 5.41) is 0.576. The first-order valence-electron chi connectivity index (χ1n) is 6.87. The number of benzene rings is 1. The summed E-state index contributed by atoms with van der Waals surface area (Å²) in [6.07, 6.45) is 1.44. The van der Waals surface area contributed by atoms with E-state index < -0.39 is 15.7 Å². The van der Waals surface area contributed by atoms with Crippen LogP contribution in [0.3, 0.4) is 0 Å². The van der Waals surface area contributed by atoms with E-state index in [4.69, 9.17) is 16.3 Å². The van der Waals surface area contributed by atoms with Gasteiger partial charge in [-0.2, -0.15) is 4.40 Å². The molecule has 22 heavy (non-hydrogen) atoms. The largest absolute Gasteiger partial charge is 0.476 e. The van der Waals surface area contributed by atoms with Gasteiger partial charge in [-0.3, -0.25) is 0 Å². The zero-order valence-electron chi connectivity index (χ0n) is 13.0. The SMILES string of the molecule is CCOc1nc2ccc(Cl)cc2nc1/C=N/[S@](=O)C(C)(C)C. The van der Waals surface area contributed by atoms with E-state index in [9.17, 15) is 4.21 Å². The summed E-state index contributed by atoms with van der Waals surface area (Å²) in [5.74, 6) is 0.368. The van der Waals surface area contributed by atoms with Crippen molar-refractivity contribution in [1.29, 1.82) is 0 Å². The predicted octanol–water partition coefficient (Wildman–Crippen LogP) is 3.56. The van der Waals surface area contributed by atoms with Crippen LogP contribution in [0.4, 0.5) is 0 Å². The fourth-order valence-corrected chi connectivity index (χ4v) is 2.29. The second kappa shape index (κ2) is 6.71. The van der Waals surface area contributed by atoms with Crippen molar-refractivity contribution in [1.82, 2.24) is 9.97 Å². The van der Waals surface area contributed by atoms with Crippen LogP contribution in [0.15, 0.2) is 22.6 Å². The molecule has 0 unspecified atom stereocenters. The number of fused-ring (bicyclic) bond motifs is 1. The van der Waals surface area contributed by atoms with Crippen LogP contribution < -0.4 is 4.74 Å². The molecule has 0 N–H and O–H groups in total. The molecule has 0 saturated heterocycles. The van der Waals surface area contributed by atoms with Crippen molar-refractivity contribution in [2.24, 2.45) is 4.40 Å². The van der Waals surface area contributed by atoms with Crippen LogP contribution in [0.25, 0.3) is 11.0 Å². The minimum absolute atomic E-state index is 0.368. The third-order valence-corrected chi connectivity index (χ3v) is 4.27. The number of aromatic nitrogens is 2. The standard InChI is InChI=1S/C15H18ClN3O2S/c1-5-21-14-13(9-17-22(20)15(2,3)4)18-12-8-10(16)6-7-11(12)19-14/h6-9H,5H2,1-4H3/b17-9+/t22-/m1/s1. The van der Waals surface area contributed by atoms with E-state index in [-0.39, 0.29) is 0 Å². The summed E-state index contributed by atoms with van der Waals surface area (Å²) in [4.78, 5) is 8.87. The van der Waals surface area contributed by atoms with E-state index in [1.54, 1.807) is 18.2 Å². The van der Waals surface area contributed by atoms with Gasteiger partial charge in [0.2, 0.25) is 5.88 Å². The Bertz CT molecular complexity index is 741. The molecule has 0 amide bonds. The minimum atomic E-state index is -1.37. The van der Waals surface area contributed by atoms with Crippen LogP contribution in [0.1, 0.15) is 33.4 Å². The van der Waals surface area contributed by atoms with Gasteiger partial charge in [0.1, 0.15) is 16.7 Å². The van der Waals surface area contributed by atoms with Gasteiger partial charge in [0, 0.05) is 5.02 Å². The molecule has 5 nitrogen and oxygen atoms in total. The first-order valence-corrected chi connectivity index (χ1v) is 8.36. The number of ether oxygens (including phenoxy) is 1. The third-order valence-electron chi connectivity index (χ3n) is 2.70. The van der Waals surface area contributed by atoms with Crippen LogP contribution in [0.2, 0.25) is 5.02 Å². The zero-order valence-corrected chi connectivity index (χ0v) is 14.5. The maximum atomic E-state index is 12.0. The summed E-state index contributed by atoms with van der Waals surface area (Å²) >= 11 is 5.98. The molecule has 2 rings (SSSR count). The number of nitrogens with zero attached hydrogens (tertiary/aromatic N) is 3. The lowest BCUT2D eigenvalue weighted by Crippen LogP contribution is -2.19. The lowest BCUT2D eigenvalue weighted by atomic mass is 10.3. The number of hydrogen-bond donors (Lipinski definition) is 0. The highest BCUT2D eigenvalue weighted by atomic mass is 35.5. The van der Waals surface area contributed by atoms with E-state index >= 15 is 0 Å². The second-order valence-corrected chi connectivity index (χ2v) is 7.95. The second-order valence-electron chi connectivity index (χ2n) is 5.58. The first kappa shape index (κ1) is 16.8. The topological polar surface area (TPSA) is 64.4 Å². The quantitative estimate of drug-likeness (QED) is 0.799. The van der Waals surface area contributed by atoms with Crippen molar-refractivity contribution < 1.29 is 8.95 Å². The summed E-state index contributed by atoms with van der Waals surface area (Å²) < 4.78 is 21.2. The molecule has 0 aliphatic carbocycles. The molecule has 118 valence electrons. The van der Waals surface area contributed by atoms with Crippen molar-refractivity contribution in [3.05, 3.63) is 28.9 Å². The first-order chi connectivity index (χ1) is 10.3. The highest BCUT2D eigenvalue weighted by Gasteiger charge is 2.19. The molecule has 0 aliphatic heterocycles. The molecule has 1 aromatic heterocycles. The van der Waals surface area contributed by atoms with E-state index in [0.717, 1.165) is 0 Å². The van der Waals surface area contributed by atoms with E-state index in [1.165, 1.54) is 6.21 Å². The van der Waals surface area contributed by atoms with Crippen LogP contribution in [0.5, 0.6) is 5.88 Å². The number of halogens is 1. The summed E-state index contributed by atoms with van der Waals surface area (Å²) in [7, 11) is -1.37. The zero-order chi connectivity index (χ0) is 16.3. The lowest BCUT2D eigenvalue weighted by molar-refractivity contribution is 0.326. The Labute approximate surface area is 137 Å². The molecule has 2 aromatic rings. The predicted molar refractivity (Wildman–Crippen MR) is 91.2 cm³/mol. The Morgan fingerprint density at radius 1 is 1.32 bits per heavy atom. The highest BCUT2D eigenvalue weighted by Crippen LogP contribution is 2.21. The lowest BCUT2D eigenvalue weighted by Gasteiger charge is -2.13. The molecule has 0 saturated carbocycles. The Morgan fingerprint density at radius 2 is 2.05 bits per heavy atom. The van der Waals surface area contributed by atoms with Gasteiger partial charge in [0.05, 0.1) is 28.6 Å². The molecule has 1 aromatic carbocycles. The molecule has 0 bridgehead atoms. The molecule has 0 fully saturated rings. The molecule has 0 spiro atoms. The Balaban J connectivity index is 2.48. The molecule has 0 aliphatic rings. The summed E-state index contributed by atoms with van der Waals surface area (Å²) in [6.45, 7) is 7.89. The van der Waals surface area contributed by atoms with Gasteiger partial charge in [-0.15, -0.1) is 0 Å². The van der Waals surface area contributed by atoms with Gasteiger partial charge >= 0.3 is 0 Å². The van der Waals surface area contributed by atoms with Crippen LogP contribution in [0, 0.1) is 0 Å². The highest BCUT2D eigenvalue weighted by molar-refractivity contribution is 7.85. The smallest absolute Gasteiger partial charge is 0.242 e. The summed E-state index contributed by atoms with van der Waals surface area (Å²) in [5.41, 5.74) is 1.76. The van der Waals surface area contributed by atoms with Gasteiger partial charge in [0.25, 0.3) is 0 Å². The van der Waals surface area contributed by atoms with Crippen LogP contribution in [-0.4, -0.2) is 31.7 Å². The maximum absolute atomic E-state index is 12.0. The Kier molecular flexibility index (Phi) is 5.13. The molecule has 0 radical (unpaired) electrons. The van der Waals surface area contributed by atoms with Crippen LogP contribution >= 0.6 is 11.6 Å². The monoisotopic (exact) mass is 339 g/mol. The van der Waals surface area contributed by atoms with Crippen molar-refractivity contribution in [3.63, 3.8) is 0 Å². The maximum Gasteiger partial charge on any atom is 0.242 e. The molecule has 1 heterocycles. The van der Waals surface area contributed by atoms with Crippen molar-refractivity contribution in [2.75, 3.05) is 6.61 Å². The van der Waals surface area contributed by atoms with Crippen molar-refractivity contribution in [2.45, 2.75) is 32.4 Å². The average molecular weight is 340 g/mol. The molecule has 7 heteroatoms. The van der Waals surface area contributed by atoms with E-state index in [0.29, 0.717) is 34.2 Å². The number of hydrogen-bond acceptors (Lipinski definition) is 4. The van der Waals surface area contributed by atoms with E-state index in [1.807, 2.05) is 27.7 Å². The fraction of sp³-hybridized carbons (Fsp3) is 0.400. The third kappa shape index (κ3) is 4.01. The van der Waals surface area contributed by atoms with Gasteiger partial charge in [0.15, 0.2) is 0 Å². The van der Waals surface area contributed by atoms with Gasteiger partial charge in [-0.1, -0.05) is 11.6 Å². The van der Waals surface area contributed by atoms with Gasteiger partial charge < -0.3 is 4.74 Å². The molecular formula is C15H18ClN3O2S. The van der Waals surface area contributed by atoms with Gasteiger partial charge in [-0.05, 0) is 45.9 Å². The normalized spacial score (nSPS) is 13.7. The van der Waals surface area contributed by atoms with Crippen molar-refractivity contribution in [3.8, 4) is 5.88 Å². The molecule has 1 atom stereocenters. The fourth-order valence-electron chi connectivity index (χ4n) is 1.61. The van der Waals surface area contributed by atoms with Crippen molar-refractivity contribution >= 4 is 39.8 Å². The average Bonchev–Trinajstić information content (AvgIpc) is 2.44. The number of rotatable bonds is 4. The van der Waals surface area contributed by atoms with Gasteiger partial charge in [-0.25, -0.2) is 14.2 Å².